The summed E-state index contributed by atoms with van der Waals surface area (Å²) in [6, 6.07) is 14.1. The minimum atomic E-state index is -0.105. The Bertz CT molecular complexity index is 1130. The van der Waals surface area contributed by atoms with E-state index in [-0.39, 0.29) is 17.4 Å². The standard InChI is InChI=1S/C26H32N4O2/c1-17-14-19(18-9-11-20(32-6)12-10-18)15-21(27-17)22-8-7-13-30(22)25(31)23-16-24(26(2,3)4)28-29(23)5/h9-12,14-16,22H,7-8,13H2,1-6H3. The van der Waals surface area contributed by atoms with E-state index in [1.54, 1.807) is 11.8 Å². The second kappa shape index (κ2) is 8.41. The first-order chi connectivity index (χ1) is 15.2. The van der Waals surface area contributed by atoms with Crippen molar-refractivity contribution < 1.29 is 9.53 Å². The topological polar surface area (TPSA) is 60.2 Å². The van der Waals surface area contributed by atoms with Gasteiger partial charge in [-0.2, -0.15) is 5.10 Å². The lowest BCUT2D eigenvalue weighted by Crippen LogP contribution is -2.32. The van der Waals surface area contributed by atoms with E-state index in [0.717, 1.165) is 53.3 Å². The largest absolute Gasteiger partial charge is 0.497 e. The number of methoxy groups -OCH3 is 1. The summed E-state index contributed by atoms with van der Waals surface area (Å²) in [6.45, 7) is 9.07. The number of carbonyl (C=O) groups is 1. The van der Waals surface area contributed by atoms with Gasteiger partial charge < -0.3 is 9.64 Å². The Balaban J connectivity index is 1.65. The number of rotatable bonds is 4. The predicted octanol–water partition coefficient (Wildman–Crippen LogP) is 5.07. The number of nitrogens with zero attached hydrogens (tertiary/aromatic N) is 4. The average Bonchev–Trinajstić information content (AvgIpc) is 3.40. The van der Waals surface area contributed by atoms with Crippen LogP contribution in [0.5, 0.6) is 5.75 Å². The molecule has 0 bridgehead atoms. The van der Waals surface area contributed by atoms with Crippen molar-refractivity contribution in [2.24, 2.45) is 7.05 Å². The van der Waals surface area contributed by atoms with Gasteiger partial charge in [0.1, 0.15) is 11.4 Å². The van der Waals surface area contributed by atoms with Crippen LogP contribution in [-0.4, -0.2) is 39.2 Å². The van der Waals surface area contributed by atoms with Crippen LogP contribution in [0.1, 0.15) is 67.2 Å². The third-order valence-electron chi connectivity index (χ3n) is 6.12. The first kappa shape index (κ1) is 22.1. The average molecular weight is 433 g/mol. The number of hydrogen-bond acceptors (Lipinski definition) is 4. The maximum atomic E-state index is 13.5. The Morgan fingerprint density at radius 2 is 1.81 bits per heavy atom. The van der Waals surface area contributed by atoms with Crippen LogP contribution >= 0.6 is 0 Å². The zero-order chi connectivity index (χ0) is 23.0. The number of hydrogen-bond donors (Lipinski definition) is 0. The van der Waals surface area contributed by atoms with E-state index in [9.17, 15) is 4.79 Å². The molecule has 3 aromatic rings. The van der Waals surface area contributed by atoms with E-state index in [1.165, 1.54) is 0 Å². The van der Waals surface area contributed by atoms with Crippen molar-refractivity contribution in [3.05, 3.63) is 65.2 Å². The highest BCUT2D eigenvalue weighted by molar-refractivity contribution is 5.93. The molecule has 0 saturated carbocycles. The molecule has 1 aliphatic rings. The molecule has 6 heteroatoms. The van der Waals surface area contributed by atoms with Crippen LogP contribution in [-0.2, 0) is 12.5 Å². The molecule has 3 heterocycles. The van der Waals surface area contributed by atoms with Gasteiger partial charge in [-0.25, -0.2) is 0 Å². The molecule has 0 radical (unpaired) electrons. The lowest BCUT2D eigenvalue weighted by atomic mass is 9.92. The summed E-state index contributed by atoms with van der Waals surface area (Å²) in [7, 11) is 3.52. The number of amides is 1. The van der Waals surface area contributed by atoms with Crippen LogP contribution in [0, 0.1) is 6.92 Å². The maximum Gasteiger partial charge on any atom is 0.272 e. The summed E-state index contributed by atoms with van der Waals surface area (Å²) in [4.78, 5) is 20.3. The molecule has 1 fully saturated rings. The van der Waals surface area contributed by atoms with Gasteiger partial charge in [-0.3, -0.25) is 14.5 Å². The molecular formula is C26H32N4O2. The van der Waals surface area contributed by atoms with Crippen LogP contribution in [0.4, 0.5) is 0 Å². The molecule has 0 N–H and O–H groups in total. The van der Waals surface area contributed by atoms with Crippen LogP contribution < -0.4 is 4.74 Å². The molecule has 32 heavy (non-hydrogen) atoms. The van der Waals surface area contributed by atoms with Gasteiger partial charge >= 0.3 is 0 Å². The highest BCUT2D eigenvalue weighted by Crippen LogP contribution is 2.35. The van der Waals surface area contributed by atoms with Gasteiger partial charge in [-0.05, 0) is 61.2 Å². The summed E-state index contributed by atoms with van der Waals surface area (Å²) in [5.74, 6) is 0.852. The fourth-order valence-electron chi connectivity index (χ4n) is 4.31. The van der Waals surface area contributed by atoms with E-state index in [2.05, 4.69) is 50.1 Å². The van der Waals surface area contributed by atoms with E-state index >= 15 is 0 Å². The van der Waals surface area contributed by atoms with Crippen molar-refractivity contribution in [2.75, 3.05) is 13.7 Å². The monoisotopic (exact) mass is 432 g/mol. The summed E-state index contributed by atoms with van der Waals surface area (Å²) < 4.78 is 7.00. The fraction of sp³-hybridized carbons (Fsp3) is 0.423. The molecule has 2 aromatic heterocycles. The van der Waals surface area contributed by atoms with Gasteiger partial charge in [0.05, 0.1) is 24.5 Å². The smallest absolute Gasteiger partial charge is 0.272 e. The van der Waals surface area contributed by atoms with E-state index in [1.807, 2.05) is 37.1 Å². The third-order valence-corrected chi connectivity index (χ3v) is 6.12. The lowest BCUT2D eigenvalue weighted by molar-refractivity contribution is 0.0721. The number of likely N-dealkylation sites (tertiary alicyclic amines) is 1. The van der Waals surface area contributed by atoms with Gasteiger partial charge in [0, 0.05) is 24.7 Å². The van der Waals surface area contributed by atoms with Gasteiger partial charge in [-0.15, -0.1) is 0 Å². The zero-order valence-corrected chi connectivity index (χ0v) is 19.8. The Hall–Kier alpha value is -3.15. The minimum absolute atomic E-state index is 0.0207. The molecule has 1 aromatic carbocycles. The number of pyridine rings is 1. The van der Waals surface area contributed by atoms with Crippen LogP contribution in [0.3, 0.4) is 0 Å². The van der Waals surface area contributed by atoms with Crippen LogP contribution in [0.15, 0.2) is 42.5 Å². The highest BCUT2D eigenvalue weighted by Gasteiger charge is 2.34. The van der Waals surface area contributed by atoms with Crippen molar-refractivity contribution in [2.45, 2.75) is 52.0 Å². The first-order valence-electron chi connectivity index (χ1n) is 11.2. The molecule has 0 spiro atoms. The molecule has 1 aliphatic heterocycles. The summed E-state index contributed by atoms with van der Waals surface area (Å²) in [6.07, 6.45) is 1.88. The number of aromatic nitrogens is 3. The van der Waals surface area contributed by atoms with Crippen molar-refractivity contribution in [3.63, 3.8) is 0 Å². The van der Waals surface area contributed by atoms with E-state index in [0.29, 0.717) is 5.69 Å². The quantitative estimate of drug-likeness (QED) is 0.577. The molecule has 6 nitrogen and oxygen atoms in total. The second-order valence-corrected chi connectivity index (χ2v) is 9.60. The number of carbonyl (C=O) groups excluding carboxylic acids is 1. The van der Waals surface area contributed by atoms with Crippen LogP contribution in [0.2, 0.25) is 0 Å². The van der Waals surface area contributed by atoms with Crippen LogP contribution in [0.25, 0.3) is 11.1 Å². The predicted molar refractivity (Wildman–Crippen MR) is 126 cm³/mol. The summed E-state index contributed by atoms with van der Waals surface area (Å²) in [5, 5.41) is 4.60. The van der Waals surface area contributed by atoms with Gasteiger partial charge in [0.15, 0.2) is 0 Å². The number of benzene rings is 1. The summed E-state index contributed by atoms with van der Waals surface area (Å²) in [5.41, 5.74) is 5.55. The van der Waals surface area contributed by atoms with E-state index in [4.69, 9.17) is 9.72 Å². The van der Waals surface area contributed by atoms with Gasteiger partial charge in [0.2, 0.25) is 0 Å². The van der Waals surface area contributed by atoms with Crippen molar-refractivity contribution in [3.8, 4) is 16.9 Å². The maximum absolute atomic E-state index is 13.5. The normalized spacial score (nSPS) is 16.4. The van der Waals surface area contributed by atoms with Crippen molar-refractivity contribution >= 4 is 5.91 Å². The molecule has 1 amide bonds. The molecule has 0 aliphatic carbocycles. The van der Waals surface area contributed by atoms with Crippen molar-refractivity contribution in [1.29, 1.82) is 0 Å². The van der Waals surface area contributed by atoms with Crippen molar-refractivity contribution in [1.82, 2.24) is 19.7 Å². The highest BCUT2D eigenvalue weighted by atomic mass is 16.5. The zero-order valence-electron chi connectivity index (χ0n) is 19.8. The lowest BCUT2D eigenvalue weighted by Gasteiger charge is -2.25. The first-order valence-corrected chi connectivity index (χ1v) is 11.2. The SMILES string of the molecule is COc1ccc(-c2cc(C)nc(C3CCCN3C(=O)c3cc(C(C)(C)C)nn3C)c2)cc1. The number of aryl methyl sites for hydroxylation is 2. The fourth-order valence-corrected chi connectivity index (χ4v) is 4.31. The number of ether oxygens (including phenoxy) is 1. The Morgan fingerprint density at radius 3 is 2.44 bits per heavy atom. The molecule has 1 unspecified atom stereocenters. The van der Waals surface area contributed by atoms with Gasteiger partial charge in [-0.1, -0.05) is 32.9 Å². The molecule has 168 valence electrons. The molecule has 1 saturated heterocycles. The second-order valence-electron chi connectivity index (χ2n) is 9.60. The molecule has 1 atom stereocenters. The van der Waals surface area contributed by atoms with Gasteiger partial charge in [0.25, 0.3) is 5.91 Å². The molecular weight excluding hydrogens is 400 g/mol. The Kier molecular flexibility index (Phi) is 5.80. The summed E-state index contributed by atoms with van der Waals surface area (Å²) >= 11 is 0. The Morgan fingerprint density at radius 1 is 1.09 bits per heavy atom. The minimum Gasteiger partial charge on any atom is -0.497 e. The molecule has 4 rings (SSSR count). The van der Waals surface area contributed by atoms with E-state index < -0.39 is 0 Å². The third kappa shape index (κ3) is 4.27. The Labute approximate surface area is 190 Å².